The third-order valence-electron chi connectivity index (χ3n) is 6.42. The smallest absolute Gasteiger partial charge is 0.295 e. The number of hydrogen-bond acceptors (Lipinski definition) is 4. The molecular formula is C29H28FNO4. The van der Waals surface area contributed by atoms with Crippen LogP contribution in [-0.2, 0) is 16.1 Å². The topological polar surface area (TPSA) is 66.8 Å². The molecule has 1 atom stereocenters. The first-order chi connectivity index (χ1) is 16.7. The second-order valence-electron chi connectivity index (χ2n) is 9.02. The fraction of sp³-hybridized carbons (Fsp3) is 0.241. The van der Waals surface area contributed by atoms with Gasteiger partial charge in [-0.1, -0.05) is 56.3 Å². The molecule has 6 heteroatoms. The van der Waals surface area contributed by atoms with Crippen molar-refractivity contribution in [1.82, 2.24) is 4.90 Å². The average Bonchev–Trinajstić information content (AvgIpc) is 3.10. The largest absolute Gasteiger partial charge is 0.507 e. The molecule has 0 radical (unpaired) electrons. The summed E-state index contributed by atoms with van der Waals surface area (Å²) in [6.45, 7) is 5.86. The van der Waals surface area contributed by atoms with Crippen molar-refractivity contribution in [2.75, 3.05) is 7.11 Å². The number of ether oxygens (including phenoxy) is 1. The zero-order chi connectivity index (χ0) is 25.3. The van der Waals surface area contributed by atoms with Gasteiger partial charge in [0, 0.05) is 11.1 Å². The Morgan fingerprint density at radius 2 is 1.74 bits per heavy atom. The van der Waals surface area contributed by atoms with Crippen molar-refractivity contribution < 1.29 is 23.8 Å². The van der Waals surface area contributed by atoms with Crippen LogP contribution in [0.5, 0.6) is 5.75 Å². The molecule has 3 aromatic carbocycles. The molecule has 1 aliphatic heterocycles. The van der Waals surface area contributed by atoms with E-state index in [1.54, 1.807) is 20.1 Å². The summed E-state index contributed by atoms with van der Waals surface area (Å²) >= 11 is 0. The summed E-state index contributed by atoms with van der Waals surface area (Å²) in [6, 6.07) is 18.3. The number of carbonyl (C=O) groups excluding carboxylic acids is 2. The lowest BCUT2D eigenvalue weighted by atomic mass is 9.93. The SMILES string of the molecule is COc1ccccc1CN1C(=O)C(=O)/C(=C(\O)c2ccc(F)c(C)c2)C1c1ccc(C(C)C)cc1. The van der Waals surface area contributed by atoms with E-state index in [1.165, 1.54) is 23.1 Å². The van der Waals surface area contributed by atoms with Crippen LogP contribution in [0.1, 0.15) is 53.6 Å². The number of ketones is 1. The van der Waals surface area contributed by atoms with Gasteiger partial charge in [-0.05, 0) is 53.8 Å². The molecule has 35 heavy (non-hydrogen) atoms. The van der Waals surface area contributed by atoms with Gasteiger partial charge in [0.05, 0.1) is 25.3 Å². The first-order valence-corrected chi connectivity index (χ1v) is 11.5. The van der Waals surface area contributed by atoms with Crippen LogP contribution in [0.4, 0.5) is 4.39 Å². The van der Waals surface area contributed by atoms with Gasteiger partial charge in [0.25, 0.3) is 11.7 Å². The van der Waals surface area contributed by atoms with Crippen molar-refractivity contribution in [3.8, 4) is 5.75 Å². The maximum absolute atomic E-state index is 13.9. The molecule has 0 aliphatic carbocycles. The van der Waals surface area contributed by atoms with E-state index < -0.39 is 23.5 Å². The van der Waals surface area contributed by atoms with Crippen molar-refractivity contribution in [1.29, 1.82) is 0 Å². The van der Waals surface area contributed by atoms with Crippen molar-refractivity contribution in [3.63, 3.8) is 0 Å². The Bertz CT molecular complexity index is 1310. The number of para-hydroxylation sites is 1. The maximum Gasteiger partial charge on any atom is 0.295 e. The van der Waals surface area contributed by atoms with Gasteiger partial charge in [-0.3, -0.25) is 9.59 Å². The Balaban J connectivity index is 1.88. The number of methoxy groups -OCH3 is 1. The summed E-state index contributed by atoms with van der Waals surface area (Å²) in [7, 11) is 1.55. The van der Waals surface area contributed by atoms with Crippen LogP contribution in [0.2, 0.25) is 0 Å². The summed E-state index contributed by atoms with van der Waals surface area (Å²) in [4.78, 5) is 28.0. The third kappa shape index (κ3) is 4.56. The molecule has 0 bridgehead atoms. The zero-order valence-electron chi connectivity index (χ0n) is 20.2. The van der Waals surface area contributed by atoms with Crippen LogP contribution < -0.4 is 4.74 Å². The lowest BCUT2D eigenvalue weighted by Gasteiger charge is -2.26. The highest BCUT2D eigenvalue weighted by molar-refractivity contribution is 6.46. The molecule has 1 unspecified atom stereocenters. The lowest BCUT2D eigenvalue weighted by molar-refractivity contribution is -0.140. The van der Waals surface area contributed by atoms with E-state index in [-0.39, 0.29) is 23.4 Å². The van der Waals surface area contributed by atoms with Gasteiger partial charge >= 0.3 is 0 Å². The number of aliphatic hydroxyl groups is 1. The van der Waals surface area contributed by atoms with E-state index in [9.17, 15) is 19.1 Å². The van der Waals surface area contributed by atoms with E-state index in [0.29, 0.717) is 22.8 Å². The fourth-order valence-electron chi connectivity index (χ4n) is 4.42. The minimum atomic E-state index is -0.813. The Hall–Kier alpha value is -3.93. The number of Topliss-reactive ketones (excluding diaryl/α,β-unsaturated/α-hetero) is 1. The second kappa shape index (κ2) is 9.74. The fourth-order valence-corrected chi connectivity index (χ4v) is 4.42. The lowest BCUT2D eigenvalue weighted by Crippen LogP contribution is -2.29. The Kier molecular flexibility index (Phi) is 6.74. The highest BCUT2D eigenvalue weighted by Crippen LogP contribution is 2.41. The predicted octanol–water partition coefficient (Wildman–Crippen LogP) is 5.89. The minimum Gasteiger partial charge on any atom is -0.507 e. The summed E-state index contributed by atoms with van der Waals surface area (Å²) < 4.78 is 19.3. The van der Waals surface area contributed by atoms with E-state index in [4.69, 9.17) is 4.74 Å². The Morgan fingerprint density at radius 3 is 2.37 bits per heavy atom. The molecule has 0 aromatic heterocycles. The molecule has 0 saturated carbocycles. The number of benzene rings is 3. The second-order valence-corrected chi connectivity index (χ2v) is 9.02. The number of amides is 1. The number of aliphatic hydroxyl groups excluding tert-OH is 1. The monoisotopic (exact) mass is 473 g/mol. The molecule has 1 aliphatic rings. The van der Waals surface area contributed by atoms with Crippen LogP contribution in [0.3, 0.4) is 0 Å². The quantitative estimate of drug-likeness (QED) is 0.275. The van der Waals surface area contributed by atoms with E-state index in [2.05, 4.69) is 13.8 Å². The molecule has 180 valence electrons. The molecule has 4 rings (SSSR count). The molecule has 1 heterocycles. The molecular weight excluding hydrogens is 445 g/mol. The number of likely N-dealkylation sites (tertiary alicyclic amines) is 1. The van der Waals surface area contributed by atoms with Gasteiger partial charge in [0.2, 0.25) is 0 Å². The highest BCUT2D eigenvalue weighted by atomic mass is 19.1. The van der Waals surface area contributed by atoms with Crippen molar-refractivity contribution in [2.24, 2.45) is 0 Å². The van der Waals surface area contributed by atoms with Crippen LogP contribution in [0.25, 0.3) is 5.76 Å². The summed E-state index contributed by atoms with van der Waals surface area (Å²) in [5.74, 6) is -1.33. The first-order valence-electron chi connectivity index (χ1n) is 11.5. The van der Waals surface area contributed by atoms with Crippen molar-refractivity contribution >= 4 is 17.4 Å². The number of rotatable bonds is 6. The molecule has 0 spiro atoms. The van der Waals surface area contributed by atoms with Crippen LogP contribution in [-0.4, -0.2) is 28.8 Å². The average molecular weight is 474 g/mol. The maximum atomic E-state index is 13.9. The summed E-state index contributed by atoms with van der Waals surface area (Å²) in [6.07, 6.45) is 0. The van der Waals surface area contributed by atoms with Crippen LogP contribution in [0.15, 0.2) is 72.3 Å². The van der Waals surface area contributed by atoms with Gasteiger partial charge in [-0.25, -0.2) is 4.39 Å². The summed E-state index contributed by atoms with van der Waals surface area (Å²) in [5.41, 5.74) is 3.14. The molecule has 1 N–H and O–H groups in total. The normalized spacial score (nSPS) is 17.3. The molecule has 1 fully saturated rings. The van der Waals surface area contributed by atoms with Gasteiger partial charge in [-0.15, -0.1) is 0 Å². The minimum absolute atomic E-state index is 0.0202. The van der Waals surface area contributed by atoms with Gasteiger partial charge in [0.1, 0.15) is 17.3 Å². The number of halogens is 1. The van der Waals surface area contributed by atoms with Gasteiger partial charge in [-0.2, -0.15) is 0 Å². The molecule has 1 amide bonds. The predicted molar refractivity (Wildman–Crippen MR) is 133 cm³/mol. The van der Waals surface area contributed by atoms with Gasteiger partial charge in [0.15, 0.2) is 0 Å². The number of nitrogens with zero attached hydrogens (tertiary/aromatic N) is 1. The third-order valence-corrected chi connectivity index (χ3v) is 6.42. The van der Waals surface area contributed by atoms with Crippen LogP contribution >= 0.6 is 0 Å². The first kappa shape index (κ1) is 24.2. The zero-order valence-corrected chi connectivity index (χ0v) is 20.2. The highest BCUT2D eigenvalue weighted by Gasteiger charge is 2.46. The Labute approximate surface area is 204 Å². The van der Waals surface area contributed by atoms with E-state index >= 15 is 0 Å². The van der Waals surface area contributed by atoms with Crippen LogP contribution in [0, 0.1) is 12.7 Å². The number of aryl methyl sites for hydroxylation is 1. The van der Waals surface area contributed by atoms with Crippen molar-refractivity contribution in [3.05, 3.63) is 106 Å². The molecule has 1 saturated heterocycles. The summed E-state index contributed by atoms with van der Waals surface area (Å²) in [5, 5.41) is 11.2. The van der Waals surface area contributed by atoms with Gasteiger partial charge < -0.3 is 14.7 Å². The van der Waals surface area contributed by atoms with E-state index in [0.717, 1.165) is 11.1 Å². The van der Waals surface area contributed by atoms with E-state index in [1.807, 2.05) is 42.5 Å². The standard InChI is InChI=1S/C29H28FNO4/c1-17(2)19-9-11-20(12-10-19)26-25(27(32)21-13-14-23(30)18(3)15-21)28(33)29(34)31(26)16-22-7-5-6-8-24(22)35-4/h5-15,17,26,32H,16H2,1-4H3/b27-25-. The Morgan fingerprint density at radius 1 is 1.06 bits per heavy atom. The molecule has 5 nitrogen and oxygen atoms in total. The number of carbonyl (C=O) groups is 2. The number of hydrogen-bond donors (Lipinski definition) is 1. The molecule has 3 aromatic rings. The van der Waals surface area contributed by atoms with Crippen molar-refractivity contribution in [2.45, 2.75) is 39.3 Å².